The number of methoxy groups -OCH3 is 1. The Bertz CT molecular complexity index is 459. The highest BCUT2D eigenvalue weighted by atomic mass is 35.5. The summed E-state index contributed by atoms with van der Waals surface area (Å²) in [5, 5.41) is 3.72. The molecule has 6 nitrogen and oxygen atoms in total. The first-order valence-electron chi connectivity index (χ1n) is 4.08. The standard InChI is InChI=1S/C8H7ClN4O2/c1-14-6-2-5(10-4-11-6)8-12-7(3-9)15-13-8/h2,4H,3H2,1H3. The summed E-state index contributed by atoms with van der Waals surface area (Å²) in [6.07, 6.45) is 1.37. The second-order valence-corrected chi connectivity index (χ2v) is 2.86. The zero-order chi connectivity index (χ0) is 10.7. The van der Waals surface area contributed by atoms with E-state index in [0.717, 1.165) is 0 Å². The number of aromatic nitrogens is 4. The molecular weight excluding hydrogens is 220 g/mol. The van der Waals surface area contributed by atoms with E-state index in [1.165, 1.54) is 13.4 Å². The fourth-order valence-corrected chi connectivity index (χ4v) is 1.10. The van der Waals surface area contributed by atoms with E-state index in [0.29, 0.717) is 23.3 Å². The summed E-state index contributed by atoms with van der Waals surface area (Å²) in [5.74, 6) is 1.34. The Kier molecular flexibility index (Phi) is 2.77. The van der Waals surface area contributed by atoms with E-state index < -0.39 is 0 Å². The van der Waals surface area contributed by atoms with Crippen molar-refractivity contribution in [3.8, 4) is 17.4 Å². The molecule has 2 rings (SSSR count). The first-order chi connectivity index (χ1) is 7.33. The number of alkyl halides is 1. The summed E-state index contributed by atoms with van der Waals surface area (Å²) in [6, 6.07) is 1.61. The fourth-order valence-electron chi connectivity index (χ4n) is 0.987. The van der Waals surface area contributed by atoms with Gasteiger partial charge in [0.15, 0.2) is 0 Å². The summed E-state index contributed by atoms with van der Waals surface area (Å²) >= 11 is 5.53. The van der Waals surface area contributed by atoms with Crippen LogP contribution in [0.5, 0.6) is 5.88 Å². The minimum atomic E-state index is 0.176. The van der Waals surface area contributed by atoms with Crippen LogP contribution in [-0.4, -0.2) is 27.2 Å². The second kappa shape index (κ2) is 4.22. The van der Waals surface area contributed by atoms with Crippen molar-refractivity contribution in [2.24, 2.45) is 0 Å². The number of rotatable bonds is 3. The molecule has 0 aliphatic carbocycles. The molecule has 0 aliphatic heterocycles. The fraction of sp³-hybridized carbons (Fsp3) is 0.250. The van der Waals surface area contributed by atoms with E-state index in [2.05, 4.69) is 20.1 Å². The van der Waals surface area contributed by atoms with Gasteiger partial charge in [-0.05, 0) is 0 Å². The number of halogens is 1. The maximum atomic E-state index is 5.53. The van der Waals surface area contributed by atoms with Crippen LogP contribution in [-0.2, 0) is 5.88 Å². The van der Waals surface area contributed by atoms with Crippen LogP contribution in [0.4, 0.5) is 0 Å². The Morgan fingerprint density at radius 3 is 3.00 bits per heavy atom. The molecule has 2 heterocycles. The molecule has 0 aliphatic rings. The van der Waals surface area contributed by atoms with Gasteiger partial charge in [0, 0.05) is 6.07 Å². The van der Waals surface area contributed by atoms with E-state index in [4.69, 9.17) is 20.9 Å². The first-order valence-corrected chi connectivity index (χ1v) is 4.62. The first kappa shape index (κ1) is 9.85. The van der Waals surface area contributed by atoms with Gasteiger partial charge in [0.25, 0.3) is 0 Å². The molecule has 7 heteroatoms. The Morgan fingerprint density at radius 2 is 2.33 bits per heavy atom. The average Bonchev–Trinajstić information content (AvgIpc) is 2.78. The van der Waals surface area contributed by atoms with Crippen LogP contribution in [0, 0.1) is 0 Å². The highest BCUT2D eigenvalue weighted by Gasteiger charge is 2.09. The van der Waals surface area contributed by atoms with Gasteiger partial charge in [-0.2, -0.15) is 4.98 Å². The lowest BCUT2D eigenvalue weighted by atomic mass is 10.4. The van der Waals surface area contributed by atoms with Gasteiger partial charge in [-0.1, -0.05) is 5.16 Å². The topological polar surface area (TPSA) is 73.9 Å². The zero-order valence-electron chi connectivity index (χ0n) is 7.85. The molecule has 15 heavy (non-hydrogen) atoms. The number of hydrogen-bond acceptors (Lipinski definition) is 6. The van der Waals surface area contributed by atoms with Crippen LogP contribution < -0.4 is 4.74 Å². The summed E-state index contributed by atoms with van der Waals surface area (Å²) in [5.41, 5.74) is 0.530. The van der Waals surface area contributed by atoms with Crippen LogP contribution in [0.15, 0.2) is 16.9 Å². The van der Waals surface area contributed by atoms with Gasteiger partial charge >= 0.3 is 0 Å². The molecular formula is C8H7ClN4O2. The van der Waals surface area contributed by atoms with Crippen LogP contribution in [0.25, 0.3) is 11.5 Å². The maximum Gasteiger partial charge on any atom is 0.241 e. The van der Waals surface area contributed by atoms with Crippen molar-refractivity contribution in [1.82, 2.24) is 20.1 Å². The number of nitrogens with zero attached hydrogens (tertiary/aromatic N) is 4. The van der Waals surface area contributed by atoms with Gasteiger partial charge in [-0.25, -0.2) is 9.97 Å². The van der Waals surface area contributed by atoms with E-state index in [9.17, 15) is 0 Å². The lowest BCUT2D eigenvalue weighted by Crippen LogP contribution is -1.91. The van der Waals surface area contributed by atoms with Crippen molar-refractivity contribution in [1.29, 1.82) is 0 Å². The summed E-state index contributed by atoms with van der Waals surface area (Å²) < 4.78 is 9.79. The predicted octanol–water partition coefficient (Wildman–Crippen LogP) is 1.27. The van der Waals surface area contributed by atoms with Gasteiger partial charge in [-0.15, -0.1) is 11.6 Å². The third-order valence-electron chi connectivity index (χ3n) is 1.66. The van der Waals surface area contributed by atoms with Gasteiger partial charge in [-0.3, -0.25) is 0 Å². The van der Waals surface area contributed by atoms with Gasteiger partial charge < -0.3 is 9.26 Å². The molecule has 0 saturated carbocycles. The average molecular weight is 227 g/mol. The molecule has 0 unspecified atom stereocenters. The lowest BCUT2D eigenvalue weighted by molar-refractivity contribution is 0.390. The van der Waals surface area contributed by atoms with Crippen molar-refractivity contribution in [2.45, 2.75) is 5.88 Å². The van der Waals surface area contributed by atoms with Crippen LogP contribution in [0.3, 0.4) is 0 Å². The largest absolute Gasteiger partial charge is 0.481 e. The van der Waals surface area contributed by atoms with Crippen LogP contribution in [0.2, 0.25) is 0 Å². The maximum absolute atomic E-state index is 5.53. The lowest BCUT2D eigenvalue weighted by Gasteiger charge is -1.97. The van der Waals surface area contributed by atoms with Gasteiger partial charge in [0.05, 0.1) is 7.11 Å². The number of hydrogen-bond donors (Lipinski definition) is 0. The molecule has 0 N–H and O–H groups in total. The molecule has 2 aromatic rings. The summed E-state index contributed by atoms with van der Waals surface area (Å²) in [7, 11) is 1.52. The summed E-state index contributed by atoms with van der Waals surface area (Å²) in [4.78, 5) is 11.9. The van der Waals surface area contributed by atoms with Gasteiger partial charge in [0.2, 0.25) is 17.6 Å². The van der Waals surface area contributed by atoms with Crippen molar-refractivity contribution in [2.75, 3.05) is 7.11 Å². The normalized spacial score (nSPS) is 10.3. The SMILES string of the molecule is COc1cc(-c2noc(CCl)n2)ncn1. The minimum absolute atomic E-state index is 0.176. The van der Waals surface area contributed by atoms with Crippen molar-refractivity contribution in [3.63, 3.8) is 0 Å². The summed E-state index contributed by atoms with van der Waals surface area (Å²) in [6.45, 7) is 0. The highest BCUT2D eigenvalue weighted by molar-refractivity contribution is 6.16. The van der Waals surface area contributed by atoms with E-state index in [1.807, 2.05) is 0 Å². The molecule has 0 aromatic carbocycles. The Hall–Kier alpha value is -1.69. The molecule has 0 radical (unpaired) electrons. The Morgan fingerprint density at radius 1 is 1.47 bits per heavy atom. The molecule has 78 valence electrons. The quantitative estimate of drug-likeness (QED) is 0.734. The van der Waals surface area contributed by atoms with Crippen molar-refractivity contribution in [3.05, 3.63) is 18.3 Å². The monoisotopic (exact) mass is 226 g/mol. The zero-order valence-corrected chi connectivity index (χ0v) is 8.60. The molecule has 0 spiro atoms. The number of ether oxygens (including phenoxy) is 1. The molecule has 0 bridgehead atoms. The molecule has 0 amide bonds. The van der Waals surface area contributed by atoms with Crippen molar-refractivity contribution >= 4 is 11.6 Å². The van der Waals surface area contributed by atoms with Crippen molar-refractivity contribution < 1.29 is 9.26 Å². The highest BCUT2D eigenvalue weighted by Crippen LogP contribution is 2.16. The van der Waals surface area contributed by atoms with Gasteiger partial charge in [0.1, 0.15) is 17.9 Å². The molecule has 2 aromatic heterocycles. The van der Waals surface area contributed by atoms with Crippen LogP contribution >= 0.6 is 11.6 Å². The third kappa shape index (κ3) is 2.04. The second-order valence-electron chi connectivity index (χ2n) is 2.59. The Labute approximate surface area is 90.3 Å². The Balaban J connectivity index is 2.35. The molecule has 0 fully saturated rings. The van der Waals surface area contributed by atoms with E-state index in [-0.39, 0.29) is 5.88 Å². The van der Waals surface area contributed by atoms with Crippen LogP contribution in [0.1, 0.15) is 5.89 Å². The smallest absolute Gasteiger partial charge is 0.241 e. The predicted molar refractivity (Wildman–Crippen MR) is 51.4 cm³/mol. The third-order valence-corrected chi connectivity index (χ3v) is 1.89. The minimum Gasteiger partial charge on any atom is -0.481 e. The molecule has 0 atom stereocenters. The van der Waals surface area contributed by atoms with E-state index in [1.54, 1.807) is 6.07 Å². The molecule has 0 saturated heterocycles. The van der Waals surface area contributed by atoms with E-state index >= 15 is 0 Å².